The number of methoxy groups -OCH3 is 1. The molecular formula is C26H24N4O2. The Balaban J connectivity index is 1.50. The van der Waals surface area contributed by atoms with Crippen LogP contribution in [0.5, 0.6) is 17.2 Å². The average molecular weight is 425 g/mol. The number of benzene rings is 3. The molecule has 0 aromatic heterocycles. The van der Waals surface area contributed by atoms with Gasteiger partial charge in [0.2, 0.25) is 0 Å². The fourth-order valence-corrected chi connectivity index (χ4v) is 4.16. The molecule has 6 nitrogen and oxygen atoms in total. The van der Waals surface area contributed by atoms with Crippen molar-refractivity contribution in [3.63, 3.8) is 0 Å². The molecule has 3 aromatic carbocycles. The number of ether oxygens (including phenoxy) is 2. The van der Waals surface area contributed by atoms with E-state index in [1.807, 2.05) is 85.8 Å². The highest BCUT2D eigenvalue weighted by atomic mass is 16.5. The van der Waals surface area contributed by atoms with Gasteiger partial charge in [-0.05, 0) is 72.7 Å². The third kappa shape index (κ3) is 3.60. The van der Waals surface area contributed by atoms with E-state index in [4.69, 9.17) is 20.2 Å². The van der Waals surface area contributed by atoms with Crippen molar-refractivity contribution in [2.45, 2.75) is 12.6 Å². The molecule has 3 N–H and O–H groups in total. The van der Waals surface area contributed by atoms with Crippen LogP contribution in [0.3, 0.4) is 0 Å². The van der Waals surface area contributed by atoms with Crippen LogP contribution in [0.2, 0.25) is 0 Å². The molecule has 3 aromatic rings. The number of allylic oxidation sites excluding steroid dienone is 1. The lowest BCUT2D eigenvalue weighted by molar-refractivity contribution is 0.376. The summed E-state index contributed by atoms with van der Waals surface area (Å²) >= 11 is 0. The van der Waals surface area contributed by atoms with Crippen molar-refractivity contribution in [2.75, 3.05) is 7.11 Å². The average Bonchev–Trinajstić information content (AvgIpc) is 3.14. The summed E-state index contributed by atoms with van der Waals surface area (Å²) < 4.78 is 11.2. The zero-order valence-corrected chi connectivity index (χ0v) is 17.9. The highest BCUT2D eigenvalue weighted by Crippen LogP contribution is 2.40. The number of fused-ring (bicyclic) bond motifs is 1. The number of para-hydroxylation sites is 1. The highest BCUT2D eigenvalue weighted by molar-refractivity contribution is 6.16. The number of nitrogens with zero attached hydrogens (tertiary/aromatic N) is 2. The van der Waals surface area contributed by atoms with Crippen LogP contribution in [-0.2, 0) is 0 Å². The summed E-state index contributed by atoms with van der Waals surface area (Å²) in [6.07, 6.45) is 2.09. The molecule has 0 saturated carbocycles. The normalized spacial score (nSPS) is 21.6. The number of hydrogen-bond donors (Lipinski definition) is 2. The van der Waals surface area contributed by atoms with E-state index in [9.17, 15) is 0 Å². The van der Waals surface area contributed by atoms with Crippen molar-refractivity contribution in [1.29, 1.82) is 0 Å². The van der Waals surface area contributed by atoms with E-state index in [0.29, 0.717) is 5.84 Å². The number of nitrogens with two attached hydrogens (primary N) is 1. The Morgan fingerprint density at radius 2 is 1.47 bits per heavy atom. The van der Waals surface area contributed by atoms with Gasteiger partial charge in [0, 0.05) is 5.56 Å². The van der Waals surface area contributed by atoms with Gasteiger partial charge >= 0.3 is 0 Å². The maximum absolute atomic E-state index is 6.29. The molecule has 2 aliphatic rings. The van der Waals surface area contributed by atoms with Gasteiger partial charge in [-0.2, -0.15) is 5.10 Å². The molecule has 0 fully saturated rings. The van der Waals surface area contributed by atoms with Crippen LogP contribution in [0.4, 0.5) is 0 Å². The monoisotopic (exact) mass is 424 g/mol. The van der Waals surface area contributed by atoms with Gasteiger partial charge < -0.3 is 15.2 Å². The van der Waals surface area contributed by atoms with Crippen LogP contribution in [0, 0.1) is 5.92 Å². The quantitative estimate of drug-likeness (QED) is 0.628. The number of hydrogen-bond acceptors (Lipinski definition) is 6. The Labute approximate surface area is 187 Å². The minimum Gasteiger partial charge on any atom is -0.497 e. The zero-order chi connectivity index (χ0) is 22.1. The van der Waals surface area contributed by atoms with Crippen molar-refractivity contribution in [2.24, 2.45) is 21.7 Å². The Morgan fingerprint density at radius 3 is 2.16 bits per heavy atom. The van der Waals surface area contributed by atoms with Crippen LogP contribution < -0.4 is 20.6 Å². The Kier molecular flexibility index (Phi) is 4.90. The fraction of sp³-hybridized carbons (Fsp3) is 0.154. The summed E-state index contributed by atoms with van der Waals surface area (Å²) in [6.45, 7) is 2.02. The predicted molar refractivity (Wildman–Crippen MR) is 127 cm³/mol. The van der Waals surface area contributed by atoms with Crippen molar-refractivity contribution >= 4 is 17.1 Å². The van der Waals surface area contributed by atoms with Gasteiger partial charge in [0.05, 0.1) is 18.7 Å². The van der Waals surface area contributed by atoms with Crippen molar-refractivity contribution < 1.29 is 9.47 Å². The summed E-state index contributed by atoms with van der Waals surface area (Å²) in [5.74, 6) is 2.75. The molecule has 0 spiro atoms. The first-order chi connectivity index (χ1) is 15.6. The number of dihydropyridines is 1. The second-order valence-corrected chi connectivity index (χ2v) is 7.99. The van der Waals surface area contributed by atoms with Crippen molar-refractivity contribution in [3.8, 4) is 17.2 Å². The van der Waals surface area contributed by atoms with E-state index in [-0.39, 0.29) is 5.92 Å². The summed E-state index contributed by atoms with van der Waals surface area (Å²) in [5.41, 5.74) is 12.7. The smallest absolute Gasteiger partial charge is 0.156 e. The van der Waals surface area contributed by atoms with Crippen LogP contribution in [-0.4, -0.2) is 24.3 Å². The number of aliphatic imine (C=N–C) groups is 1. The minimum atomic E-state index is -0.650. The minimum absolute atomic E-state index is 0.162. The Morgan fingerprint density at radius 1 is 0.844 bits per heavy atom. The molecule has 5 rings (SSSR count). The molecular weight excluding hydrogens is 400 g/mol. The molecule has 160 valence electrons. The summed E-state index contributed by atoms with van der Waals surface area (Å²) in [4.78, 5) is 4.97. The van der Waals surface area contributed by atoms with Gasteiger partial charge in [-0.1, -0.05) is 30.3 Å². The van der Waals surface area contributed by atoms with Crippen LogP contribution in [0.25, 0.3) is 5.57 Å². The second-order valence-electron chi connectivity index (χ2n) is 7.99. The maximum Gasteiger partial charge on any atom is 0.156 e. The molecule has 32 heavy (non-hydrogen) atoms. The molecule has 0 amide bonds. The zero-order valence-electron chi connectivity index (χ0n) is 17.9. The Bertz CT molecular complexity index is 1210. The van der Waals surface area contributed by atoms with Crippen LogP contribution >= 0.6 is 0 Å². The standard InChI is InChI=1S/C26H24N4O2/c1-26-24(25(27)29-30-26)22(16-23(28-26)18-10-12-19(31-2)13-11-18)17-8-14-21(15-9-17)32-20-6-4-3-5-7-20/h3-16,24,30H,1-2H3,(H2,27,29). The molecule has 2 unspecified atom stereocenters. The van der Waals surface area contributed by atoms with E-state index in [1.54, 1.807) is 7.11 Å². The number of nitrogens with one attached hydrogen (secondary N) is 1. The van der Waals surface area contributed by atoms with E-state index in [2.05, 4.69) is 16.6 Å². The largest absolute Gasteiger partial charge is 0.497 e. The van der Waals surface area contributed by atoms with E-state index in [0.717, 1.165) is 39.7 Å². The number of hydrazone groups is 1. The van der Waals surface area contributed by atoms with Crippen LogP contribution in [0.1, 0.15) is 18.1 Å². The molecule has 2 atom stereocenters. The third-order valence-corrected chi connectivity index (χ3v) is 5.78. The molecule has 0 aliphatic carbocycles. The Hall–Kier alpha value is -4.06. The van der Waals surface area contributed by atoms with Gasteiger partial charge in [0.15, 0.2) is 5.66 Å². The molecule has 2 aliphatic heterocycles. The fourth-order valence-electron chi connectivity index (χ4n) is 4.16. The first-order valence-corrected chi connectivity index (χ1v) is 10.5. The lowest BCUT2D eigenvalue weighted by Gasteiger charge is -2.33. The SMILES string of the molecule is COc1ccc(C2=NC3(C)NN=C(N)C3C(c3ccc(Oc4ccccc4)cc3)=C2)cc1. The third-order valence-electron chi connectivity index (χ3n) is 5.78. The molecule has 0 saturated heterocycles. The number of amidine groups is 1. The molecule has 0 radical (unpaired) electrons. The van der Waals surface area contributed by atoms with Gasteiger partial charge in [0.1, 0.15) is 23.1 Å². The molecule has 2 heterocycles. The van der Waals surface area contributed by atoms with E-state index < -0.39 is 5.66 Å². The van der Waals surface area contributed by atoms with Gasteiger partial charge in [0.25, 0.3) is 0 Å². The van der Waals surface area contributed by atoms with E-state index in [1.165, 1.54) is 0 Å². The lowest BCUT2D eigenvalue weighted by atomic mass is 9.80. The topological polar surface area (TPSA) is 81.2 Å². The first-order valence-electron chi connectivity index (χ1n) is 10.5. The molecule has 6 heteroatoms. The van der Waals surface area contributed by atoms with Crippen molar-refractivity contribution in [1.82, 2.24) is 5.43 Å². The van der Waals surface area contributed by atoms with Gasteiger partial charge in [-0.25, -0.2) is 0 Å². The lowest BCUT2D eigenvalue weighted by Crippen LogP contribution is -2.46. The second kappa shape index (κ2) is 7.89. The van der Waals surface area contributed by atoms with E-state index >= 15 is 0 Å². The first kappa shape index (κ1) is 19.9. The maximum atomic E-state index is 6.29. The summed E-state index contributed by atoms with van der Waals surface area (Å²) in [6, 6.07) is 25.6. The molecule has 0 bridgehead atoms. The predicted octanol–water partition coefficient (Wildman–Crippen LogP) is 4.58. The van der Waals surface area contributed by atoms with Gasteiger partial charge in [-0.3, -0.25) is 10.4 Å². The summed E-state index contributed by atoms with van der Waals surface area (Å²) in [5, 5.41) is 4.31. The van der Waals surface area contributed by atoms with Crippen molar-refractivity contribution in [3.05, 3.63) is 96.1 Å². The highest BCUT2D eigenvalue weighted by Gasteiger charge is 2.46. The van der Waals surface area contributed by atoms with Crippen LogP contribution in [0.15, 0.2) is 95.0 Å². The van der Waals surface area contributed by atoms with Gasteiger partial charge in [-0.15, -0.1) is 0 Å². The number of rotatable bonds is 5. The summed E-state index contributed by atoms with van der Waals surface area (Å²) in [7, 11) is 1.66.